The van der Waals surface area contributed by atoms with Crippen LogP contribution >= 0.6 is 123 Å². The molecule has 583 valence electrons. The number of hydrogen-bond donors (Lipinski definition) is 4. The van der Waals surface area contributed by atoms with Crippen LogP contribution in [0.1, 0.15) is 194 Å². The normalized spacial score (nSPS) is 43.8. The SMILES string of the molecule is C1CCOC1.CC1(C)C2CCC1(C)[C@@]13O[C@@H]1CC[C@@]3(O)C2=O.CC1(C)C2CCC1(C)[C@@]13O[C@@H]1CC[C@@]3(O)[C@H]2OPP.CC12CCC(C(=O)[C@]3(O)CCC=C13)C2(C)C.CC1=CCC2[C@H](OPP)[C@]3(O)CC[C@@H](OP(P(P)P)P(PP)P(P)P)C13C2(C)C.C[Si](C)(C)OS(=O)(=O)C(F)(F)F.O=[P+]=S.[B].[H-].[Na+]. The molecule has 0 amide bonds. The smallest absolute Gasteiger partial charge is 1.00 e. The molecule has 39 heteroatoms. The molecule has 15 aliphatic rings. The van der Waals surface area contributed by atoms with Crippen LogP contribution in [-0.4, -0.2) is 140 Å². The zero-order valence-corrected chi connectivity index (χ0v) is 83.0. The van der Waals surface area contributed by atoms with E-state index in [9.17, 15) is 51.6 Å². The maximum atomic E-state index is 12.6. The molecule has 31 atom stereocenters. The molecular formula is C64H116BF3NaO16P15S2Si+. The molecule has 0 aromatic heterocycles. The van der Waals surface area contributed by atoms with Crippen LogP contribution in [0.3, 0.4) is 0 Å². The summed E-state index contributed by atoms with van der Waals surface area (Å²) < 4.78 is 105. The van der Waals surface area contributed by atoms with Crippen LogP contribution in [0.5, 0.6) is 0 Å². The first-order chi connectivity index (χ1) is 46.4. The van der Waals surface area contributed by atoms with Gasteiger partial charge in [0.05, 0.1) is 43.5 Å². The number of ether oxygens (including phenoxy) is 3. The molecule has 15 rings (SSSR count). The van der Waals surface area contributed by atoms with E-state index in [4.69, 9.17) is 32.3 Å². The van der Waals surface area contributed by atoms with Gasteiger partial charge in [-0.25, -0.2) is 0 Å². The standard InChI is InChI=1S/C14H34O3P12.C14H24O3P2.C14H20O3.C14H20O2.C4H9F3O3SSi.C4H8O.B.Na.OPS.H/c1-8-4-5-9-11(16-24-18)13(15)7-6-10(14(8,13)12(9,2)3)17-26(27(20)21)29(25-19)28(22)23;1-11(2)8-4-6-12(11,3)14-9(16-14)5-7-13(14,15)10(8)17-19-18;1-11(2)8-4-6-12(11,3)14-9(17-14)5-7-13(14,16)10(8)15;1-12(2)9-6-8-13(12,3)10-5-4-7-14(10,16)11(9)15;1-12(2,3)10-11(8,9)4(5,6)7;1-2-4-5-3-1;;;1-2-3;/h4,9-11,15,24-25H,5-7,18-23H2,1-3H3;8-10,15,19H,4-7,18H2,1-3H3;8-9,16H,4-7H2,1-3H3;5,9,16H,4,6-8H2,1-3H3;1-3H3;1-4H2;;;;/q;;;;;;;2*+1;-1/t9?,10-,11+,13-,14?,26?,29?;8?,9-,10+,12?,13-,14+;8?,9-,12?,13-,14+;9?,13?,14-;;;;;;/m1110....../s1. The Kier molecular flexibility index (Phi) is 31.5. The predicted molar refractivity (Wildman–Crippen MR) is 448 cm³/mol. The summed E-state index contributed by atoms with van der Waals surface area (Å²) in [6.45, 7) is 32.7. The van der Waals surface area contributed by atoms with E-state index < -0.39 is 59.5 Å². The molecule has 16 nitrogen and oxygen atoms in total. The van der Waals surface area contributed by atoms with Crippen LogP contribution < -0.4 is 29.6 Å². The molecule has 0 aromatic carbocycles. The summed E-state index contributed by atoms with van der Waals surface area (Å²) in [4.78, 5) is 25.1. The van der Waals surface area contributed by atoms with Crippen LogP contribution in [0.4, 0.5) is 13.2 Å². The van der Waals surface area contributed by atoms with Gasteiger partial charge in [0.2, 0.25) is 8.32 Å². The Morgan fingerprint density at radius 1 is 0.680 bits per heavy atom. The Morgan fingerprint density at radius 3 is 1.67 bits per heavy atom. The second kappa shape index (κ2) is 33.8. The summed E-state index contributed by atoms with van der Waals surface area (Å²) in [6, 6.07) is 0. The van der Waals surface area contributed by atoms with Crippen LogP contribution in [0, 0.1) is 67.0 Å². The maximum Gasteiger partial charge on any atom is 1.00 e. The average Bonchev–Trinajstić information content (AvgIpc) is 1.46. The van der Waals surface area contributed by atoms with Crippen molar-refractivity contribution < 1.29 is 119 Å². The van der Waals surface area contributed by atoms with Crippen molar-refractivity contribution in [3.63, 3.8) is 0 Å². The molecule has 10 saturated carbocycles. The van der Waals surface area contributed by atoms with Gasteiger partial charge in [-0.2, -0.15) is 21.6 Å². The summed E-state index contributed by atoms with van der Waals surface area (Å²) in [6.07, 6.45) is 21.0. The maximum absolute atomic E-state index is 12.6. The summed E-state index contributed by atoms with van der Waals surface area (Å²) in [5.41, 5.74) is -7.92. The van der Waals surface area contributed by atoms with E-state index in [2.05, 4.69) is 173 Å². The number of halogens is 3. The molecule has 3 heterocycles. The fourth-order valence-corrected chi connectivity index (χ4v) is 94.2. The minimum absolute atomic E-state index is 0. The Hall–Kier alpha value is 5.87. The molecule has 4 N–H and O–H groups in total. The number of hydrogen-bond acceptors (Lipinski definition) is 17. The summed E-state index contributed by atoms with van der Waals surface area (Å²) in [5.74, 6) is 1.02. The number of aliphatic hydroxyl groups is 4. The Balaban J connectivity index is 0.000000202. The van der Waals surface area contributed by atoms with E-state index in [1.54, 1.807) is 0 Å². The quantitative estimate of drug-likeness (QED) is 0.0467. The third-order valence-electron chi connectivity index (χ3n) is 28.6. The Morgan fingerprint density at radius 2 is 1.18 bits per heavy atom. The van der Waals surface area contributed by atoms with Crippen molar-refractivity contribution >= 4 is 173 Å². The number of fused-ring (bicyclic) bond motifs is 9. The third kappa shape index (κ3) is 14.9. The molecule has 3 saturated heterocycles. The van der Waals surface area contributed by atoms with Gasteiger partial charge in [0.1, 0.15) is 28.0 Å². The van der Waals surface area contributed by atoms with E-state index in [0.29, 0.717) is 41.7 Å². The minimum atomic E-state index is -5.39. The molecule has 103 heavy (non-hydrogen) atoms. The van der Waals surface area contributed by atoms with Crippen molar-refractivity contribution in [2.45, 2.75) is 282 Å². The second-order valence-electron chi connectivity index (χ2n) is 34.3. The number of rotatable bonds is 12. The molecular weight excluding hydrogens is 1670 g/mol. The summed E-state index contributed by atoms with van der Waals surface area (Å²) in [5, 5.41) is 45.2. The van der Waals surface area contributed by atoms with Crippen molar-refractivity contribution in [1.82, 2.24) is 0 Å². The monoisotopic (exact) mass is 1790 g/mol. The molecule has 3 spiro atoms. The van der Waals surface area contributed by atoms with E-state index >= 15 is 0 Å². The zero-order chi connectivity index (χ0) is 75.9. The van der Waals surface area contributed by atoms with Crippen molar-refractivity contribution in [3.05, 3.63) is 23.3 Å². The van der Waals surface area contributed by atoms with Gasteiger partial charge in [0.25, 0.3) is 0 Å². The number of carbonyl (C=O) groups is 2. The number of allylic oxidation sites excluding steroid dienone is 2. The molecule has 3 aliphatic heterocycles. The molecule has 20 unspecified atom stereocenters. The number of Topliss-reactive ketones (excluding diaryl/α,β-unsaturated/α-hetero) is 2. The number of epoxide rings is 2. The van der Waals surface area contributed by atoms with Gasteiger partial charge in [-0.05, 0) is 194 Å². The molecule has 8 bridgehead atoms. The van der Waals surface area contributed by atoms with Gasteiger partial charge in [0, 0.05) is 68.3 Å². The summed E-state index contributed by atoms with van der Waals surface area (Å²) in [7, 11) is 13.2. The van der Waals surface area contributed by atoms with Crippen molar-refractivity contribution in [1.29, 1.82) is 0 Å². The average molecular weight is 1790 g/mol. The molecule has 13 fully saturated rings. The van der Waals surface area contributed by atoms with E-state index in [1.807, 2.05) is 0 Å². The van der Waals surface area contributed by atoms with E-state index in [-0.39, 0.29) is 170 Å². The first-order valence-electron chi connectivity index (χ1n) is 35.2. The first-order valence-corrected chi connectivity index (χ1v) is 64.8. The van der Waals surface area contributed by atoms with Gasteiger partial charge >= 0.3 is 68.8 Å². The Bertz CT molecular complexity index is 3370. The van der Waals surface area contributed by atoms with Crippen molar-refractivity contribution in [3.8, 4) is 0 Å². The van der Waals surface area contributed by atoms with Crippen LogP contribution in [0.2, 0.25) is 19.6 Å². The van der Waals surface area contributed by atoms with Gasteiger partial charge < -0.3 is 53.5 Å². The molecule has 3 radical (unpaired) electrons. The van der Waals surface area contributed by atoms with Gasteiger partial charge in [-0.3, -0.25) is 9.59 Å². The van der Waals surface area contributed by atoms with Gasteiger partial charge in [0.15, 0.2) is 17.2 Å². The number of alkyl halides is 3. The predicted octanol–water partition coefficient (Wildman–Crippen LogP) is 15.8. The van der Waals surface area contributed by atoms with Crippen LogP contribution in [0.25, 0.3) is 0 Å². The fourth-order valence-electron chi connectivity index (χ4n) is 23.1. The van der Waals surface area contributed by atoms with Crippen LogP contribution in [-0.2, 0) is 67.7 Å². The van der Waals surface area contributed by atoms with Crippen LogP contribution in [0.15, 0.2) is 23.3 Å². The molecule has 0 aromatic rings. The molecule has 12 aliphatic carbocycles. The van der Waals surface area contributed by atoms with E-state index in [0.717, 1.165) is 110 Å². The van der Waals surface area contributed by atoms with Gasteiger partial charge in [-0.15, -0.1) is 44.6 Å². The minimum Gasteiger partial charge on any atom is -1.00 e. The van der Waals surface area contributed by atoms with Gasteiger partial charge in [-0.1, -0.05) is 120 Å². The zero-order valence-electron chi connectivity index (χ0n) is 63.8. The van der Waals surface area contributed by atoms with Crippen molar-refractivity contribution in [2.75, 3.05) is 13.2 Å². The largest absolute Gasteiger partial charge is 1.00 e. The van der Waals surface area contributed by atoms with E-state index in [1.165, 1.54) is 38.1 Å². The second-order valence-corrected chi connectivity index (χ2v) is 78.0. The third-order valence-corrected chi connectivity index (χ3v) is 80.9. The van der Waals surface area contributed by atoms with Crippen molar-refractivity contribution in [2.24, 2.45) is 67.0 Å². The topological polar surface area (TPSA) is 237 Å². The first kappa shape index (κ1) is 96.0. The Labute approximate surface area is 671 Å². The number of ketones is 2. The fraction of sp³-hybridized carbons (Fsp3) is 0.906. The summed E-state index contributed by atoms with van der Waals surface area (Å²) >= 11 is 3.81. The number of carbonyl (C=O) groups excluding carboxylic acids is 2.